The van der Waals surface area contributed by atoms with E-state index in [0.29, 0.717) is 12.0 Å². The molecule has 0 aliphatic carbocycles. The van der Waals surface area contributed by atoms with Gasteiger partial charge in [0.25, 0.3) is 0 Å². The van der Waals surface area contributed by atoms with Crippen molar-refractivity contribution in [2.75, 3.05) is 6.54 Å². The molecule has 9 nitrogen and oxygen atoms in total. The van der Waals surface area contributed by atoms with Crippen molar-refractivity contribution in [2.24, 2.45) is 5.73 Å². The zero-order valence-electron chi connectivity index (χ0n) is 22.0. The van der Waals surface area contributed by atoms with Gasteiger partial charge < -0.3 is 26.0 Å². The number of amides is 4. The fourth-order valence-electron chi connectivity index (χ4n) is 3.74. The zero-order chi connectivity index (χ0) is 27.4. The fourth-order valence-corrected chi connectivity index (χ4v) is 3.74. The van der Waals surface area contributed by atoms with Gasteiger partial charge in [-0.3, -0.25) is 14.4 Å². The number of carbonyl (C=O) groups excluding carboxylic acids is 4. The molecule has 0 spiro atoms. The van der Waals surface area contributed by atoms with Gasteiger partial charge in [-0.05, 0) is 38.3 Å². The number of alkyl carbamates (subject to hydrolysis) is 1. The van der Waals surface area contributed by atoms with Crippen LogP contribution < -0.4 is 16.4 Å². The van der Waals surface area contributed by atoms with Crippen LogP contribution in [0, 0.1) is 0 Å². The maximum Gasteiger partial charge on any atom is 0.408 e. The second kappa shape index (κ2) is 14.0. The molecule has 4 amide bonds. The van der Waals surface area contributed by atoms with E-state index in [2.05, 4.69) is 10.6 Å². The quantitative estimate of drug-likeness (QED) is 0.403. The Bertz CT molecular complexity index is 1040. The smallest absolute Gasteiger partial charge is 0.408 e. The molecule has 0 fully saturated rings. The average Bonchev–Trinajstić information content (AvgIpc) is 2.84. The van der Waals surface area contributed by atoms with Crippen LogP contribution in [0.15, 0.2) is 60.7 Å². The monoisotopic (exact) mass is 510 g/mol. The lowest BCUT2D eigenvalue weighted by atomic mass is 10.0. The summed E-state index contributed by atoms with van der Waals surface area (Å²) in [6.07, 6.45) is 0.0777. The van der Waals surface area contributed by atoms with Crippen LogP contribution >= 0.6 is 0 Å². The summed E-state index contributed by atoms with van der Waals surface area (Å²) >= 11 is 0. The first-order valence-electron chi connectivity index (χ1n) is 12.5. The zero-order valence-corrected chi connectivity index (χ0v) is 22.0. The highest BCUT2D eigenvalue weighted by Crippen LogP contribution is 2.24. The first-order chi connectivity index (χ1) is 17.5. The minimum absolute atomic E-state index is 0.235. The number of nitrogens with one attached hydrogen (secondary N) is 2. The summed E-state index contributed by atoms with van der Waals surface area (Å²) < 4.78 is 5.29. The van der Waals surface area contributed by atoms with Crippen LogP contribution in [-0.4, -0.2) is 46.9 Å². The number of nitrogens with two attached hydrogens (primary N) is 1. The van der Waals surface area contributed by atoms with E-state index in [1.807, 2.05) is 43.3 Å². The fraction of sp³-hybridized carbons (Fsp3) is 0.429. The average molecular weight is 511 g/mol. The molecular formula is C28H38N4O5. The number of primary amides is 1. The third-order valence-corrected chi connectivity index (χ3v) is 5.41. The molecule has 0 heterocycles. The number of benzene rings is 2. The molecule has 0 bridgehead atoms. The van der Waals surface area contributed by atoms with Crippen molar-refractivity contribution in [1.82, 2.24) is 15.5 Å². The number of hydrogen-bond acceptors (Lipinski definition) is 5. The lowest BCUT2D eigenvalue weighted by Gasteiger charge is -2.34. The summed E-state index contributed by atoms with van der Waals surface area (Å²) in [5.41, 5.74) is 6.12. The molecule has 37 heavy (non-hydrogen) atoms. The number of rotatable bonds is 12. The van der Waals surface area contributed by atoms with E-state index in [1.165, 1.54) is 4.90 Å². The maximum atomic E-state index is 13.8. The Morgan fingerprint density at radius 3 is 2.11 bits per heavy atom. The van der Waals surface area contributed by atoms with Gasteiger partial charge in [0, 0.05) is 13.1 Å². The number of unbranched alkanes of at least 4 members (excludes halogenated alkanes) is 1. The molecule has 0 saturated heterocycles. The van der Waals surface area contributed by atoms with Gasteiger partial charge in [0.15, 0.2) is 0 Å². The molecule has 0 saturated carbocycles. The molecule has 0 aliphatic heterocycles. The molecule has 2 aromatic rings. The van der Waals surface area contributed by atoms with Crippen LogP contribution in [0.2, 0.25) is 0 Å². The Kier molecular flexibility index (Phi) is 11.1. The molecule has 2 unspecified atom stereocenters. The molecule has 0 radical (unpaired) electrons. The lowest BCUT2D eigenvalue weighted by molar-refractivity contribution is -0.143. The van der Waals surface area contributed by atoms with E-state index in [4.69, 9.17) is 10.5 Å². The Hall–Kier alpha value is -3.88. The minimum Gasteiger partial charge on any atom is -0.444 e. The Balaban J connectivity index is 2.41. The van der Waals surface area contributed by atoms with E-state index in [1.54, 1.807) is 45.0 Å². The topological polar surface area (TPSA) is 131 Å². The number of carbonyl (C=O) groups is 4. The summed E-state index contributed by atoms with van der Waals surface area (Å²) in [5.74, 6) is -1.74. The highest BCUT2D eigenvalue weighted by Gasteiger charge is 2.36. The van der Waals surface area contributed by atoms with Crippen molar-refractivity contribution in [3.63, 3.8) is 0 Å². The van der Waals surface area contributed by atoms with Crippen LogP contribution in [0.3, 0.4) is 0 Å². The van der Waals surface area contributed by atoms with Gasteiger partial charge in [-0.2, -0.15) is 0 Å². The maximum absolute atomic E-state index is 13.8. The van der Waals surface area contributed by atoms with Crippen molar-refractivity contribution in [3.8, 4) is 0 Å². The van der Waals surface area contributed by atoms with Crippen LogP contribution in [-0.2, 0) is 25.7 Å². The van der Waals surface area contributed by atoms with Gasteiger partial charge in [0.1, 0.15) is 17.7 Å². The van der Waals surface area contributed by atoms with Gasteiger partial charge in [-0.25, -0.2) is 4.79 Å². The molecule has 2 rings (SSSR count). The number of ether oxygens (including phenoxy) is 1. The van der Waals surface area contributed by atoms with Crippen molar-refractivity contribution in [1.29, 1.82) is 0 Å². The van der Waals surface area contributed by atoms with E-state index < -0.39 is 42.0 Å². The van der Waals surface area contributed by atoms with Gasteiger partial charge >= 0.3 is 6.09 Å². The van der Waals surface area contributed by atoms with Crippen LogP contribution in [0.5, 0.6) is 0 Å². The third-order valence-electron chi connectivity index (χ3n) is 5.41. The van der Waals surface area contributed by atoms with Crippen molar-refractivity contribution in [3.05, 3.63) is 71.8 Å². The Labute approximate surface area is 218 Å². The normalized spacial score (nSPS) is 12.6. The molecular weight excluding hydrogens is 472 g/mol. The van der Waals surface area contributed by atoms with Gasteiger partial charge in [-0.1, -0.05) is 74.0 Å². The first kappa shape index (κ1) is 29.4. The lowest BCUT2D eigenvalue weighted by Crippen LogP contribution is -2.54. The molecule has 0 aliphatic rings. The van der Waals surface area contributed by atoms with Crippen molar-refractivity contribution in [2.45, 2.75) is 71.2 Å². The summed E-state index contributed by atoms with van der Waals surface area (Å²) in [4.78, 5) is 53.1. The number of nitrogens with zero attached hydrogens (tertiary/aromatic N) is 1. The highest BCUT2D eigenvalue weighted by atomic mass is 16.6. The Morgan fingerprint density at radius 1 is 0.973 bits per heavy atom. The summed E-state index contributed by atoms with van der Waals surface area (Å²) in [6, 6.07) is 16.1. The van der Waals surface area contributed by atoms with E-state index in [0.717, 1.165) is 12.0 Å². The van der Waals surface area contributed by atoms with E-state index in [-0.39, 0.29) is 19.0 Å². The Morgan fingerprint density at radius 2 is 1.57 bits per heavy atom. The van der Waals surface area contributed by atoms with Gasteiger partial charge in [0.05, 0.1) is 6.42 Å². The van der Waals surface area contributed by atoms with E-state index >= 15 is 0 Å². The van der Waals surface area contributed by atoms with Crippen LogP contribution in [0.4, 0.5) is 4.79 Å². The molecule has 2 aromatic carbocycles. The molecule has 200 valence electrons. The van der Waals surface area contributed by atoms with Gasteiger partial charge in [-0.15, -0.1) is 0 Å². The number of hydrogen-bond donors (Lipinski definition) is 3. The summed E-state index contributed by atoms with van der Waals surface area (Å²) in [7, 11) is 0. The molecule has 2 atom stereocenters. The summed E-state index contributed by atoms with van der Waals surface area (Å²) in [6.45, 7) is 7.54. The minimum atomic E-state index is -1.29. The molecule has 4 N–H and O–H groups in total. The second-order valence-corrected chi connectivity index (χ2v) is 9.77. The molecule has 9 heteroatoms. The predicted octanol–water partition coefficient (Wildman–Crippen LogP) is 3.44. The molecule has 0 aromatic heterocycles. The highest BCUT2D eigenvalue weighted by molar-refractivity contribution is 5.94. The van der Waals surface area contributed by atoms with Crippen LogP contribution in [0.25, 0.3) is 0 Å². The van der Waals surface area contributed by atoms with Crippen molar-refractivity contribution >= 4 is 23.8 Å². The first-order valence-corrected chi connectivity index (χ1v) is 12.5. The predicted molar refractivity (Wildman–Crippen MR) is 141 cm³/mol. The third kappa shape index (κ3) is 9.95. The second-order valence-electron chi connectivity index (χ2n) is 9.77. The summed E-state index contributed by atoms with van der Waals surface area (Å²) in [5, 5.41) is 5.40. The van der Waals surface area contributed by atoms with Gasteiger partial charge in [0.2, 0.25) is 17.7 Å². The van der Waals surface area contributed by atoms with Crippen molar-refractivity contribution < 1.29 is 23.9 Å². The largest absolute Gasteiger partial charge is 0.444 e. The van der Waals surface area contributed by atoms with Crippen LogP contribution in [0.1, 0.15) is 64.1 Å². The standard InChI is InChI=1S/C28H38N4O5/c1-5-6-17-32(26(35)22(18-23(29)33)31-27(36)37-28(2,3)4)24(21-15-11-8-12-16-21)25(34)30-19-20-13-9-7-10-14-20/h7-16,22,24H,5-6,17-19H2,1-4H3,(H2,29,33)(H,30,34)(H,31,36). The SMILES string of the molecule is CCCCN(C(=O)C(CC(N)=O)NC(=O)OC(C)(C)C)C(C(=O)NCc1ccccc1)c1ccccc1. The van der Waals surface area contributed by atoms with E-state index in [9.17, 15) is 19.2 Å².